The van der Waals surface area contributed by atoms with E-state index in [-0.39, 0.29) is 12.1 Å². The number of nitrogens with one attached hydrogen (secondary N) is 2. The van der Waals surface area contributed by atoms with E-state index in [0.29, 0.717) is 11.3 Å². The molecule has 1 saturated heterocycles. The molecule has 1 heterocycles. The highest BCUT2D eigenvalue weighted by molar-refractivity contribution is 5.99. The fraction of sp³-hybridized carbons (Fsp3) is 0.333. The summed E-state index contributed by atoms with van der Waals surface area (Å²) in [6.07, 6.45) is 3.45. The Hall–Kier alpha value is -3.02. The summed E-state index contributed by atoms with van der Waals surface area (Å²) in [5.74, 6) is -0.513. The Kier molecular flexibility index (Phi) is 5.96. The van der Waals surface area contributed by atoms with Crippen LogP contribution in [0.2, 0.25) is 0 Å². The maximum atomic E-state index is 12.6. The highest BCUT2D eigenvalue weighted by Crippen LogP contribution is 2.30. The van der Waals surface area contributed by atoms with Crippen molar-refractivity contribution in [3.05, 3.63) is 59.7 Å². The third-order valence-corrected chi connectivity index (χ3v) is 4.87. The Labute approximate surface area is 159 Å². The Balaban J connectivity index is 1.77. The lowest BCUT2D eigenvalue weighted by atomic mass is 10.1. The fourth-order valence-corrected chi connectivity index (χ4v) is 3.38. The third kappa shape index (κ3) is 4.78. The van der Waals surface area contributed by atoms with Crippen LogP contribution in [-0.4, -0.2) is 25.0 Å². The van der Waals surface area contributed by atoms with Gasteiger partial charge >= 0.3 is 6.03 Å². The molecule has 4 N–H and O–H groups in total. The molecule has 2 aromatic carbocycles. The van der Waals surface area contributed by atoms with Crippen LogP contribution in [0.5, 0.6) is 0 Å². The standard InChI is InChI=1S/C21H26N4O2/c1-15(16-8-4-2-5-9-16)23-21(27)24-18-14-17(20(22)26)10-11-19(18)25-12-6-3-7-13-25/h2,4-5,8-11,14-15H,3,6-7,12-13H2,1H3,(H2,22,26)(H2,23,24,27). The Morgan fingerprint density at radius 2 is 1.74 bits per heavy atom. The number of carbonyl (C=O) groups is 2. The first-order valence-corrected chi connectivity index (χ1v) is 9.36. The van der Waals surface area contributed by atoms with Crippen molar-refractivity contribution in [3.8, 4) is 0 Å². The quantitative estimate of drug-likeness (QED) is 0.755. The van der Waals surface area contributed by atoms with Crippen molar-refractivity contribution in [2.24, 2.45) is 5.73 Å². The van der Waals surface area contributed by atoms with Gasteiger partial charge in [0.05, 0.1) is 17.4 Å². The molecule has 0 aromatic heterocycles. The number of carbonyl (C=O) groups excluding carboxylic acids is 2. The van der Waals surface area contributed by atoms with Gasteiger partial charge in [0.2, 0.25) is 5.91 Å². The second kappa shape index (κ2) is 8.58. The van der Waals surface area contributed by atoms with Gasteiger partial charge in [-0.1, -0.05) is 30.3 Å². The molecule has 3 rings (SSSR count). The van der Waals surface area contributed by atoms with Crippen molar-refractivity contribution in [2.75, 3.05) is 23.3 Å². The molecular weight excluding hydrogens is 340 g/mol. The molecule has 0 aliphatic carbocycles. The van der Waals surface area contributed by atoms with Crippen LogP contribution >= 0.6 is 0 Å². The van der Waals surface area contributed by atoms with E-state index < -0.39 is 5.91 Å². The molecule has 1 atom stereocenters. The van der Waals surface area contributed by atoms with Crippen LogP contribution < -0.4 is 21.3 Å². The number of hydrogen-bond acceptors (Lipinski definition) is 3. The van der Waals surface area contributed by atoms with E-state index >= 15 is 0 Å². The van der Waals surface area contributed by atoms with Crippen molar-refractivity contribution in [3.63, 3.8) is 0 Å². The number of piperidine rings is 1. The van der Waals surface area contributed by atoms with E-state index in [1.807, 2.05) is 43.3 Å². The summed E-state index contributed by atoms with van der Waals surface area (Å²) in [5, 5.41) is 5.84. The van der Waals surface area contributed by atoms with Crippen molar-refractivity contribution in [1.82, 2.24) is 5.32 Å². The first kappa shape index (κ1) is 18.8. The van der Waals surface area contributed by atoms with Gasteiger partial charge in [-0.15, -0.1) is 0 Å². The topological polar surface area (TPSA) is 87.5 Å². The molecule has 1 aliphatic rings. The molecule has 142 valence electrons. The molecule has 27 heavy (non-hydrogen) atoms. The monoisotopic (exact) mass is 366 g/mol. The Bertz CT molecular complexity index is 801. The number of benzene rings is 2. The largest absolute Gasteiger partial charge is 0.370 e. The van der Waals surface area contributed by atoms with Crippen molar-refractivity contribution in [2.45, 2.75) is 32.2 Å². The zero-order chi connectivity index (χ0) is 19.2. The molecule has 0 radical (unpaired) electrons. The molecule has 2 aromatic rings. The van der Waals surface area contributed by atoms with Gasteiger partial charge < -0.3 is 21.3 Å². The number of rotatable bonds is 5. The lowest BCUT2D eigenvalue weighted by Gasteiger charge is -2.31. The molecule has 3 amide bonds. The van der Waals surface area contributed by atoms with Crippen molar-refractivity contribution in [1.29, 1.82) is 0 Å². The summed E-state index contributed by atoms with van der Waals surface area (Å²) < 4.78 is 0. The lowest BCUT2D eigenvalue weighted by Crippen LogP contribution is -2.34. The first-order chi connectivity index (χ1) is 13.0. The maximum absolute atomic E-state index is 12.6. The SMILES string of the molecule is CC(NC(=O)Nc1cc(C(N)=O)ccc1N1CCCCC1)c1ccccc1. The van der Waals surface area contributed by atoms with Gasteiger partial charge in [0.1, 0.15) is 0 Å². The molecule has 1 fully saturated rings. The zero-order valence-corrected chi connectivity index (χ0v) is 15.6. The first-order valence-electron chi connectivity index (χ1n) is 9.36. The van der Waals surface area contributed by atoms with Gasteiger partial charge in [0.15, 0.2) is 0 Å². The van der Waals surface area contributed by atoms with Crippen LogP contribution in [0, 0.1) is 0 Å². The van der Waals surface area contributed by atoms with Crippen molar-refractivity contribution < 1.29 is 9.59 Å². The van der Waals surface area contributed by atoms with E-state index in [1.165, 1.54) is 6.42 Å². The van der Waals surface area contributed by atoms with E-state index in [0.717, 1.165) is 37.2 Å². The van der Waals surface area contributed by atoms with Gasteiger partial charge in [-0.2, -0.15) is 0 Å². The number of hydrogen-bond donors (Lipinski definition) is 3. The number of amides is 3. The highest BCUT2D eigenvalue weighted by Gasteiger charge is 2.18. The second-order valence-corrected chi connectivity index (χ2v) is 6.87. The minimum atomic E-state index is -0.513. The number of primary amides is 1. The van der Waals surface area contributed by atoms with Gasteiger partial charge in [-0.25, -0.2) is 4.79 Å². The molecule has 0 spiro atoms. The predicted molar refractivity (Wildman–Crippen MR) is 108 cm³/mol. The van der Waals surface area contributed by atoms with Gasteiger partial charge in [0.25, 0.3) is 0 Å². The van der Waals surface area contributed by atoms with Gasteiger partial charge in [-0.3, -0.25) is 4.79 Å². The molecule has 1 unspecified atom stereocenters. The number of nitrogens with two attached hydrogens (primary N) is 1. The summed E-state index contributed by atoms with van der Waals surface area (Å²) in [5.41, 5.74) is 8.34. The number of nitrogens with zero attached hydrogens (tertiary/aromatic N) is 1. The summed E-state index contributed by atoms with van der Waals surface area (Å²) >= 11 is 0. The van der Waals surface area contributed by atoms with Crippen LogP contribution in [0.25, 0.3) is 0 Å². The molecule has 1 aliphatic heterocycles. The average Bonchev–Trinajstić information content (AvgIpc) is 2.69. The van der Waals surface area contributed by atoms with Crippen LogP contribution in [0.4, 0.5) is 16.2 Å². The smallest absolute Gasteiger partial charge is 0.319 e. The molecule has 6 heteroatoms. The minimum absolute atomic E-state index is 0.135. The zero-order valence-electron chi connectivity index (χ0n) is 15.6. The van der Waals surface area contributed by atoms with E-state index in [1.54, 1.807) is 12.1 Å². The normalized spacial score (nSPS) is 15.1. The van der Waals surface area contributed by atoms with E-state index in [2.05, 4.69) is 15.5 Å². The minimum Gasteiger partial charge on any atom is -0.370 e. The molecule has 6 nitrogen and oxygen atoms in total. The summed E-state index contributed by atoms with van der Waals surface area (Å²) in [6.45, 7) is 3.81. The second-order valence-electron chi connectivity index (χ2n) is 6.87. The fourth-order valence-electron chi connectivity index (χ4n) is 3.38. The van der Waals surface area contributed by atoms with E-state index in [9.17, 15) is 9.59 Å². The van der Waals surface area contributed by atoms with Crippen LogP contribution in [0.3, 0.4) is 0 Å². The maximum Gasteiger partial charge on any atom is 0.319 e. The van der Waals surface area contributed by atoms with Crippen molar-refractivity contribution >= 4 is 23.3 Å². The Morgan fingerprint density at radius 1 is 1.04 bits per heavy atom. The summed E-state index contributed by atoms with van der Waals surface area (Å²) in [7, 11) is 0. The molecular formula is C21H26N4O2. The van der Waals surface area contributed by atoms with Crippen LogP contribution in [0.1, 0.15) is 48.1 Å². The predicted octanol–water partition coefficient (Wildman–Crippen LogP) is 3.66. The highest BCUT2D eigenvalue weighted by atomic mass is 16.2. The third-order valence-electron chi connectivity index (χ3n) is 4.87. The Morgan fingerprint density at radius 3 is 2.41 bits per heavy atom. The van der Waals surface area contributed by atoms with Crippen LogP contribution in [0.15, 0.2) is 48.5 Å². The van der Waals surface area contributed by atoms with E-state index in [4.69, 9.17) is 5.73 Å². The summed E-state index contributed by atoms with van der Waals surface area (Å²) in [4.78, 5) is 26.4. The lowest BCUT2D eigenvalue weighted by molar-refractivity contribution is 0.100. The average molecular weight is 366 g/mol. The molecule has 0 saturated carbocycles. The number of urea groups is 1. The van der Waals surface area contributed by atoms with Gasteiger partial charge in [0, 0.05) is 18.7 Å². The molecule has 0 bridgehead atoms. The summed E-state index contributed by atoms with van der Waals surface area (Å²) in [6, 6.07) is 14.5. The van der Waals surface area contributed by atoms with Crippen LogP contribution in [-0.2, 0) is 0 Å². The van der Waals surface area contributed by atoms with Gasteiger partial charge in [-0.05, 0) is 49.9 Å². The number of anilines is 2.